The van der Waals surface area contributed by atoms with Crippen LogP contribution in [0.5, 0.6) is 5.75 Å². The highest BCUT2D eigenvalue weighted by molar-refractivity contribution is 6.35. The Labute approximate surface area is 188 Å². The minimum Gasteiger partial charge on any atom is -0.482 e. The third kappa shape index (κ3) is 7.22. The first-order valence-electron chi connectivity index (χ1n) is 9.88. The van der Waals surface area contributed by atoms with Gasteiger partial charge in [0.2, 0.25) is 5.91 Å². The summed E-state index contributed by atoms with van der Waals surface area (Å²) in [5.74, 6) is 0.170. The molecule has 0 unspecified atom stereocenters. The maximum atomic E-state index is 13.0. The highest BCUT2D eigenvalue weighted by Gasteiger charge is 2.26. The van der Waals surface area contributed by atoms with Gasteiger partial charge >= 0.3 is 0 Å². The maximum Gasteiger partial charge on any atom is 0.261 e. The standard InChI is InChI=1S/C23H28Cl2N2O3/c1-15(2)12-26-23(29)17(4)27(13-18-7-5-6-16(3)10-18)22(28)14-30-21-9-8-19(24)11-20(21)25/h5-11,15,17H,12-14H2,1-4H3,(H,26,29)/t17-/m1/s1. The smallest absolute Gasteiger partial charge is 0.261 e. The minimum absolute atomic E-state index is 0.200. The van der Waals surface area contributed by atoms with Crippen molar-refractivity contribution >= 4 is 35.0 Å². The van der Waals surface area contributed by atoms with E-state index < -0.39 is 6.04 Å². The number of amides is 2. The Kier molecular flexibility index (Phi) is 9.00. The number of carbonyl (C=O) groups is 2. The first-order valence-corrected chi connectivity index (χ1v) is 10.6. The fourth-order valence-corrected chi connectivity index (χ4v) is 3.32. The number of halogens is 2. The van der Waals surface area contributed by atoms with Gasteiger partial charge in [-0.2, -0.15) is 0 Å². The lowest BCUT2D eigenvalue weighted by molar-refractivity contribution is -0.142. The van der Waals surface area contributed by atoms with Crippen molar-refractivity contribution in [3.05, 3.63) is 63.6 Å². The van der Waals surface area contributed by atoms with Crippen molar-refractivity contribution in [1.29, 1.82) is 0 Å². The molecule has 1 atom stereocenters. The second kappa shape index (κ2) is 11.2. The lowest BCUT2D eigenvalue weighted by atomic mass is 10.1. The molecule has 0 radical (unpaired) electrons. The van der Waals surface area contributed by atoms with E-state index in [-0.39, 0.29) is 18.4 Å². The quantitative estimate of drug-likeness (QED) is 0.592. The molecule has 0 spiro atoms. The van der Waals surface area contributed by atoms with Gasteiger partial charge in [-0.25, -0.2) is 0 Å². The molecule has 0 fully saturated rings. The zero-order valence-electron chi connectivity index (χ0n) is 17.7. The van der Waals surface area contributed by atoms with Crippen molar-refractivity contribution in [3.63, 3.8) is 0 Å². The van der Waals surface area contributed by atoms with Crippen molar-refractivity contribution < 1.29 is 14.3 Å². The summed E-state index contributed by atoms with van der Waals surface area (Å²) in [6.45, 7) is 8.35. The minimum atomic E-state index is -0.652. The highest BCUT2D eigenvalue weighted by Crippen LogP contribution is 2.27. The van der Waals surface area contributed by atoms with Crippen LogP contribution in [0, 0.1) is 12.8 Å². The topological polar surface area (TPSA) is 58.6 Å². The van der Waals surface area contributed by atoms with E-state index in [2.05, 4.69) is 5.32 Å². The van der Waals surface area contributed by atoms with Crippen molar-refractivity contribution in [2.24, 2.45) is 5.92 Å². The van der Waals surface area contributed by atoms with Crippen LogP contribution >= 0.6 is 23.2 Å². The third-order valence-corrected chi connectivity index (χ3v) is 5.06. The second-order valence-corrected chi connectivity index (χ2v) is 8.53. The predicted octanol–water partition coefficient (Wildman–Crippen LogP) is 4.87. The second-order valence-electron chi connectivity index (χ2n) is 7.69. The largest absolute Gasteiger partial charge is 0.482 e. The Morgan fingerprint density at radius 2 is 1.83 bits per heavy atom. The number of ether oxygens (including phenoxy) is 1. The number of carbonyl (C=O) groups excluding carboxylic acids is 2. The predicted molar refractivity (Wildman–Crippen MR) is 121 cm³/mol. The molecular formula is C23H28Cl2N2O3. The number of nitrogens with one attached hydrogen (secondary N) is 1. The summed E-state index contributed by atoms with van der Waals surface area (Å²) < 4.78 is 5.61. The van der Waals surface area contributed by atoms with Gasteiger partial charge in [0.25, 0.3) is 5.91 Å². The van der Waals surface area contributed by atoms with Gasteiger partial charge < -0.3 is 15.0 Å². The van der Waals surface area contributed by atoms with E-state index >= 15 is 0 Å². The molecule has 0 aliphatic carbocycles. The molecule has 2 aromatic rings. The normalized spacial score (nSPS) is 11.8. The first-order chi connectivity index (χ1) is 14.2. The summed E-state index contributed by atoms with van der Waals surface area (Å²) in [7, 11) is 0. The number of rotatable bonds is 9. The first kappa shape index (κ1) is 24.0. The summed E-state index contributed by atoms with van der Waals surface area (Å²) in [6, 6.07) is 12.0. The molecule has 7 heteroatoms. The Balaban J connectivity index is 2.15. The SMILES string of the molecule is Cc1cccc(CN(C(=O)COc2ccc(Cl)cc2Cl)[C@H](C)C(=O)NCC(C)C)c1. The Morgan fingerprint density at radius 1 is 1.10 bits per heavy atom. The summed E-state index contributed by atoms with van der Waals surface area (Å²) in [5.41, 5.74) is 2.03. The Hall–Kier alpha value is -2.24. The number of hydrogen-bond acceptors (Lipinski definition) is 3. The van der Waals surface area contributed by atoms with E-state index in [1.807, 2.05) is 45.0 Å². The molecule has 0 heterocycles. The van der Waals surface area contributed by atoms with Gasteiger partial charge in [0.15, 0.2) is 6.61 Å². The summed E-state index contributed by atoms with van der Waals surface area (Å²) >= 11 is 12.0. The number of aryl methyl sites for hydroxylation is 1. The van der Waals surface area contributed by atoms with Gasteiger partial charge in [0, 0.05) is 18.1 Å². The van der Waals surface area contributed by atoms with Gasteiger partial charge in [-0.3, -0.25) is 9.59 Å². The van der Waals surface area contributed by atoms with Crippen molar-refractivity contribution in [2.75, 3.05) is 13.2 Å². The zero-order valence-corrected chi connectivity index (χ0v) is 19.3. The monoisotopic (exact) mass is 450 g/mol. The van der Waals surface area contributed by atoms with Crippen LogP contribution in [-0.4, -0.2) is 35.9 Å². The van der Waals surface area contributed by atoms with Crippen molar-refractivity contribution in [1.82, 2.24) is 10.2 Å². The zero-order chi connectivity index (χ0) is 22.3. The average molecular weight is 451 g/mol. The highest BCUT2D eigenvalue weighted by atomic mass is 35.5. The van der Waals surface area contributed by atoms with E-state index in [0.29, 0.717) is 34.8 Å². The molecule has 1 N–H and O–H groups in total. The van der Waals surface area contributed by atoms with Gasteiger partial charge in [-0.05, 0) is 43.5 Å². The average Bonchev–Trinajstić information content (AvgIpc) is 2.68. The number of hydrogen-bond donors (Lipinski definition) is 1. The molecule has 0 aliphatic heterocycles. The van der Waals surface area contributed by atoms with E-state index in [4.69, 9.17) is 27.9 Å². The molecule has 0 saturated carbocycles. The van der Waals surface area contributed by atoms with Crippen LogP contribution in [0.2, 0.25) is 10.0 Å². The molecule has 2 amide bonds. The van der Waals surface area contributed by atoms with Crippen LogP contribution in [-0.2, 0) is 16.1 Å². The molecule has 0 bridgehead atoms. The van der Waals surface area contributed by atoms with Crippen LogP contribution < -0.4 is 10.1 Å². The fraction of sp³-hybridized carbons (Fsp3) is 0.391. The van der Waals surface area contributed by atoms with E-state index in [9.17, 15) is 9.59 Å². The van der Waals surface area contributed by atoms with Gasteiger partial charge in [0.05, 0.1) is 5.02 Å². The molecule has 0 aliphatic rings. The molecule has 0 saturated heterocycles. The van der Waals surface area contributed by atoms with Gasteiger partial charge in [0.1, 0.15) is 11.8 Å². The Bertz CT molecular complexity index is 887. The number of benzene rings is 2. The van der Waals surface area contributed by atoms with Crippen LogP contribution in [0.25, 0.3) is 0 Å². The lowest BCUT2D eigenvalue weighted by Gasteiger charge is -2.29. The van der Waals surface area contributed by atoms with Crippen molar-refractivity contribution in [3.8, 4) is 5.75 Å². The van der Waals surface area contributed by atoms with Gasteiger partial charge in [-0.1, -0.05) is 66.9 Å². The van der Waals surface area contributed by atoms with Gasteiger partial charge in [-0.15, -0.1) is 0 Å². The Morgan fingerprint density at radius 3 is 2.47 bits per heavy atom. The fourth-order valence-electron chi connectivity index (χ4n) is 2.86. The van der Waals surface area contributed by atoms with Crippen molar-refractivity contribution in [2.45, 2.75) is 40.3 Å². The molecular weight excluding hydrogens is 423 g/mol. The molecule has 5 nitrogen and oxygen atoms in total. The maximum absolute atomic E-state index is 13.0. The van der Waals surface area contributed by atoms with E-state index in [1.165, 1.54) is 4.90 Å². The summed E-state index contributed by atoms with van der Waals surface area (Å²) in [6.07, 6.45) is 0. The van der Waals surface area contributed by atoms with Crippen LogP contribution in [0.1, 0.15) is 31.9 Å². The molecule has 2 aromatic carbocycles. The van der Waals surface area contributed by atoms with Crippen LogP contribution in [0.3, 0.4) is 0 Å². The molecule has 2 rings (SSSR count). The van der Waals surface area contributed by atoms with E-state index in [0.717, 1.165) is 11.1 Å². The summed E-state index contributed by atoms with van der Waals surface area (Å²) in [4.78, 5) is 27.2. The van der Waals surface area contributed by atoms with Crippen LogP contribution in [0.15, 0.2) is 42.5 Å². The summed E-state index contributed by atoms with van der Waals surface area (Å²) in [5, 5.41) is 3.70. The van der Waals surface area contributed by atoms with Crippen LogP contribution in [0.4, 0.5) is 0 Å². The van der Waals surface area contributed by atoms with E-state index in [1.54, 1.807) is 25.1 Å². The molecule has 30 heavy (non-hydrogen) atoms. The molecule has 162 valence electrons. The molecule has 0 aromatic heterocycles. The third-order valence-electron chi connectivity index (χ3n) is 4.53. The number of nitrogens with zero attached hydrogens (tertiary/aromatic N) is 1. The lowest BCUT2D eigenvalue weighted by Crippen LogP contribution is -2.49.